The first-order valence-electron chi connectivity index (χ1n) is 9.02. The smallest absolute Gasteiger partial charge is 0.322 e. The molecule has 2 aliphatic heterocycles. The van der Waals surface area contributed by atoms with Gasteiger partial charge in [0.05, 0.1) is 0 Å². The number of piperazine rings is 1. The van der Waals surface area contributed by atoms with Crippen molar-refractivity contribution in [2.75, 3.05) is 31.1 Å². The number of hydrogen-bond donors (Lipinski definition) is 2. The monoisotopic (exact) mass is 358 g/mol. The summed E-state index contributed by atoms with van der Waals surface area (Å²) < 4.78 is 0. The molecule has 2 N–H and O–H groups in total. The highest BCUT2D eigenvalue weighted by molar-refractivity contribution is 6.06. The van der Waals surface area contributed by atoms with E-state index in [1.54, 1.807) is 6.92 Å². The van der Waals surface area contributed by atoms with Crippen LogP contribution in [0.15, 0.2) is 18.2 Å². The number of carbonyl (C=O) groups excluding carboxylic acids is 3. The van der Waals surface area contributed by atoms with E-state index in [0.29, 0.717) is 19.5 Å². The Bertz CT molecular complexity index is 740. The molecule has 7 heteroatoms. The number of amides is 4. The first-order chi connectivity index (χ1) is 12.3. The maximum absolute atomic E-state index is 12.5. The number of aryl methyl sites for hydroxylation is 2. The number of hydrogen-bond acceptors (Lipinski definition) is 4. The molecular formula is C19H26N4O3. The Morgan fingerprint density at radius 2 is 1.85 bits per heavy atom. The van der Waals surface area contributed by atoms with Gasteiger partial charge in [-0.15, -0.1) is 0 Å². The van der Waals surface area contributed by atoms with Crippen LogP contribution in [0.4, 0.5) is 10.5 Å². The molecule has 140 valence electrons. The van der Waals surface area contributed by atoms with E-state index in [9.17, 15) is 14.4 Å². The zero-order valence-corrected chi connectivity index (χ0v) is 15.6. The van der Waals surface area contributed by atoms with Gasteiger partial charge in [0.25, 0.3) is 5.91 Å². The summed E-state index contributed by atoms with van der Waals surface area (Å²) in [4.78, 5) is 39.8. The van der Waals surface area contributed by atoms with Gasteiger partial charge in [0.1, 0.15) is 5.54 Å². The van der Waals surface area contributed by atoms with Crippen LogP contribution in [0.2, 0.25) is 0 Å². The Morgan fingerprint density at radius 3 is 2.46 bits per heavy atom. The maximum atomic E-state index is 12.5. The number of urea groups is 1. The topological polar surface area (TPSA) is 81.8 Å². The predicted octanol–water partition coefficient (Wildman–Crippen LogP) is 1.33. The Labute approximate surface area is 153 Å². The zero-order chi connectivity index (χ0) is 18.9. The molecular weight excluding hydrogens is 332 g/mol. The summed E-state index contributed by atoms with van der Waals surface area (Å²) in [5, 5.41) is 4.82. The lowest BCUT2D eigenvalue weighted by Gasteiger charge is -2.37. The molecule has 0 unspecified atom stereocenters. The second-order valence-corrected chi connectivity index (χ2v) is 7.40. The minimum atomic E-state index is -0.993. The SMILES string of the molecule is Cc1ccc(C)c(N2CCN(C(=O)CC[C@@]3(C)NC(=O)NC3=O)CC2)c1. The van der Waals surface area contributed by atoms with E-state index in [-0.39, 0.29) is 18.2 Å². The summed E-state index contributed by atoms with van der Waals surface area (Å²) in [5.74, 6) is -0.337. The van der Waals surface area contributed by atoms with Crippen molar-refractivity contribution in [3.05, 3.63) is 29.3 Å². The fourth-order valence-electron chi connectivity index (χ4n) is 3.53. The van der Waals surface area contributed by atoms with Gasteiger partial charge in [0, 0.05) is 38.3 Å². The van der Waals surface area contributed by atoms with Crippen molar-refractivity contribution < 1.29 is 14.4 Å². The van der Waals surface area contributed by atoms with Crippen molar-refractivity contribution in [3.63, 3.8) is 0 Å². The predicted molar refractivity (Wildman–Crippen MR) is 99.0 cm³/mol. The number of nitrogens with one attached hydrogen (secondary N) is 2. The van der Waals surface area contributed by atoms with Gasteiger partial charge in [-0.3, -0.25) is 14.9 Å². The zero-order valence-electron chi connectivity index (χ0n) is 15.6. The van der Waals surface area contributed by atoms with E-state index >= 15 is 0 Å². The van der Waals surface area contributed by atoms with Crippen molar-refractivity contribution >= 4 is 23.5 Å². The van der Waals surface area contributed by atoms with Crippen molar-refractivity contribution in [3.8, 4) is 0 Å². The molecule has 2 heterocycles. The second-order valence-electron chi connectivity index (χ2n) is 7.40. The normalized spacial score (nSPS) is 23.0. The van der Waals surface area contributed by atoms with E-state index in [1.807, 2.05) is 4.90 Å². The lowest BCUT2D eigenvalue weighted by atomic mass is 9.96. The Balaban J connectivity index is 1.53. The van der Waals surface area contributed by atoms with Crippen LogP contribution in [0, 0.1) is 13.8 Å². The molecule has 0 bridgehead atoms. The fraction of sp³-hybridized carbons (Fsp3) is 0.526. The van der Waals surface area contributed by atoms with Crippen LogP contribution in [0.3, 0.4) is 0 Å². The van der Waals surface area contributed by atoms with Gasteiger partial charge in [0.2, 0.25) is 5.91 Å². The molecule has 0 radical (unpaired) electrons. The lowest BCUT2D eigenvalue weighted by molar-refractivity contribution is -0.132. The van der Waals surface area contributed by atoms with Crippen LogP contribution < -0.4 is 15.5 Å². The molecule has 0 saturated carbocycles. The third-order valence-corrected chi connectivity index (χ3v) is 5.29. The average molecular weight is 358 g/mol. The van der Waals surface area contributed by atoms with E-state index in [1.165, 1.54) is 16.8 Å². The maximum Gasteiger partial charge on any atom is 0.322 e. The van der Waals surface area contributed by atoms with E-state index in [0.717, 1.165) is 13.1 Å². The van der Waals surface area contributed by atoms with Crippen LogP contribution in [0.25, 0.3) is 0 Å². The fourth-order valence-corrected chi connectivity index (χ4v) is 3.53. The highest BCUT2D eigenvalue weighted by atomic mass is 16.2. The first kappa shape index (κ1) is 18.2. The Morgan fingerprint density at radius 1 is 1.15 bits per heavy atom. The van der Waals surface area contributed by atoms with Crippen LogP contribution in [0.1, 0.15) is 30.9 Å². The van der Waals surface area contributed by atoms with Crippen LogP contribution in [-0.4, -0.2) is 54.5 Å². The van der Waals surface area contributed by atoms with Crippen molar-refractivity contribution in [2.24, 2.45) is 0 Å². The van der Waals surface area contributed by atoms with Gasteiger partial charge in [-0.25, -0.2) is 4.79 Å². The number of benzene rings is 1. The summed E-state index contributed by atoms with van der Waals surface area (Å²) in [7, 11) is 0. The van der Waals surface area contributed by atoms with Gasteiger partial charge >= 0.3 is 6.03 Å². The standard InChI is InChI=1S/C19H26N4O3/c1-13-4-5-14(2)15(12-13)22-8-10-23(11-9-22)16(24)6-7-19(3)17(25)20-18(26)21-19/h4-5,12H,6-11H2,1-3H3,(H2,20,21,25,26)/t19-/m1/s1. The number of anilines is 1. The molecule has 2 aliphatic rings. The second kappa shape index (κ2) is 6.97. The summed E-state index contributed by atoms with van der Waals surface area (Å²) in [6, 6.07) is 5.93. The summed E-state index contributed by atoms with van der Waals surface area (Å²) in [5.41, 5.74) is 2.71. The Kier molecular flexibility index (Phi) is 4.89. The number of carbonyl (C=O) groups is 3. The Hall–Kier alpha value is -2.57. The quantitative estimate of drug-likeness (QED) is 0.796. The summed E-state index contributed by atoms with van der Waals surface area (Å²) >= 11 is 0. The molecule has 26 heavy (non-hydrogen) atoms. The molecule has 2 saturated heterocycles. The van der Waals surface area contributed by atoms with Crippen LogP contribution in [0.5, 0.6) is 0 Å². The third kappa shape index (κ3) is 3.66. The largest absolute Gasteiger partial charge is 0.368 e. The van der Waals surface area contributed by atoms with Crippen molar-refractivity contribution in [1.82, 2.24) is 15.5 Å². The molecule has 1 atom stereocenters. The van der Waals surface area contributed by atoms with Crippen LogP contribution >= 0.6 is 0 Å². The molecule has 1 aromatic rings. The molecule has 1 aromatic carbocycles. The first-order valence-corrected chi connectivity index (χ1v) is 9.02. The molecule has 7 nitrogen and oxygen atoms in total. The lowest BCUT2D eigenvalue weighted by Crippen LogP contribution is -2.50. The molecule has 0 spiro atoms. The van der Waals surface area contributed by atoms with E-state index in [2.05, 4.69) is 47.6 Å². The third-order valence-electron chi connectivity index (χ3n) is 5.29. The van der Waals surface area contributed by atoms with Gasteiger partial charge < -0.3 is 15.1 Å². The number of rotatable bonds is 4. The minimum Gasteiger partial charge on any atom is -0.368 e. The van der Waals surface area contributed by atoms with Crippen LogP contribution in [-0.2, 0) is 9.59 Å². The summed E-state index contributed by atoms with van der Waals surface area (Å²) in [6.07, 6.45) is 0.550. The molecule has 3 rings (SSSR count). The highest BCUT2D eigenvalue weighted by Crippen LogP contribution is 2.23. The van der Waals surface area contributed by atoms with E-state index < -0.39 is 11.6 Å². The average Bonchev–Trinajstić information content (AvgIpc) is 2.87. The molecule has 2 fully saturated rings. The van der Waals surface area contributed by atoms with E-state index in [4.69, 9.17) is 0 Å². The number of nitrogens with zero attached hydrogens (tertiary/aromatic N) is 2. The van der Waals surface area contributed by atoms with Gasteiger partial charge in [-0.1, -0.05) is 12.1 Å². The minimum absolute atomic E-state index is 0.0285. The van der Waals surface area contributed by atoms with Gasteiger partial charge in [0.15, 0.2) is 0 Å². The molecule has 0 aromatic heterocycles. The van der Waals surface area contributed by atoms with Gasteiger partial charge in [-0.2, -0.15) is 0 Å². The van der Waals surface area contributed by atoms with Crippen molar-refractivity contribution in [1.29, 1.82) is 0 Å². The molecule has 4 amide bonds. The van der Waals surface area contributed by atoms with Crippen molar-refractivity contribution in [2.45, 2.75) is 39.2 Å². The number of imide groups is 1. The highest BCUT2D eigenvalue weighted by Gasteiger charge is 2.42. The summed E-state index contributed by atoms with van der Waals surface area (Å²) in [6.45, 7) is 8.77. The molecule has 0 aliphatic carbocycles. The van der Waals surface area contributed by atoms with Gasteiger partial charge in [-0.05, 0) is 44.4 Å².